The molecule has 0 saturated heterocycles. The van der Waals surface area contributed by atoms with E-state index in [0.717, 1.165) is 16.3 Å². The molecule has 0 aliphatic heterocycles. The number of carbonyl (C=O) groups is 1. The van der Waals surface area contributed by atoms with Gasteiger partial charge in [-0.25, -0.2) is 0 Å². The maximum atomic E-state index is 12.1. The van der Waals surface area contributed by atoms with Crippen LogP contribution in [0.2, 0.25) is 0 Å². The number of nitrogens with one attached hydrogen (secondary N) is 1. The number of rotatable bonds is 6. The van der Waals surface area contributed by atoms with E-state index in [1.165, 1.54) is 0 Å². The number of hydrogen-bond donors (Lipinski definition) is 3. The van der Waals surface area contributed by atoms with Crippen LogP contribution in [-0.4, -0.2) is 28.3 Å². The number of aliphatic hydroxyl groups is 2. The summed E-state index contributed by atoms with van der Waals surface area (Å²) in [5.74, 6) is -0.223. The summed E-state index contributed by atoms with van der Waals surface area (Å²) < 4.78 is 0. The molecule has 2 unspecified atom stereocenters. The third kappa shape index (κ3) is 4.06. The number of hydrogen-bond acceptors (Lipinski definition) is 3. The summed E-state index contributed by atoms with van der Waals surface area (Å²) in [4.78, 5) is 12.1. The summed E-state index contributed by atoms with van der Waals surface area (Å²) in [6, 6.07) is 13.9. The molecule has 2 aromatic carbocycles. The van der Waals surface area contributed by atoms with Crippen LogP contribution in [0.5, 0.6) is 0 Å². The van der Waals surface area contributed by atoms with Gasteiger partial charge in [-0.15, -0.1) is 0 Å². The van der Waals surface area contributed by atoms with Crippen LogP contribution in [0, 0.1) is 0 Å². The summed E-state index contributed by atoms with van der Waals surface area (Å²) in [6.07, 6.45) is 0.158. The first-order valence-electron chi connectivity index (χ1n) is 7.53. The van der Waals surface area contributed by atoms with E-state index in [4.69, 9.17) is 5.11 Å². The molecule has 0 saturated carbocycles. The molecular weight excluding hydrogens is 278 g/mol. The van der Waals surface area contributed by atoms with Crippen molar-refractivity contribution in [2.24, 2.45) is 0 Å². The molecule has 0 spiro atoms. The topological polar surface area (TPSA) is 69.6 Å². The van der Waals surface area contributed by atoms with Crippen molar-refractivity contribution in [1.29, 1.82) is 0 Å². The Labute approximate surface area is 130 Å². The maximum Gasteiger partial charge on any atom is 0.223 e. The predicted molar refractivity (Wildman–Crippen MR) is 87.4 cm³/mol. The highest BCUT2D eigenvalue weighted by molar-refractivity contribution is 5.87. The smallest absolute Gasteiger partial charge is 0.223 e. The third-order valence-electron chi connectivity index (χ3n) is 3.86. The van der Waals surface area contributed by atoms with Crippen molar-refractivity contribution in [3.63, 3.8) is 0 Å². The van der Waals surface area contributed by atoms with Crippen LogP contribution in [0.4, 0.5) is 0 Å². The van der Waals surface area contributed by atoms with E-state index >= 15 is 0 Å². The fraction of sp³-hybridized carbons (Fsp3) is 0.389. The normalized spacial score (nSPS) is 15.3. The molecule has 0 fully saturated rings. The van der Waals surface area contributed by atoms with E-state index < -0.39 is 5.60 Å². The first-order chi connectivity index (χ1) is 10.4. The van der Waals surface area contributed by atoms with Crippen LogP contribution >= 0.6 is 0 Å². The van der Waals surface area contributed by atoms with Gasteiger partial charge in [-0.2, -0.15) is 0 Å². The number of benzene rings is 2. The van der Waals surface area contributed by atoms with Gasteiger partial charge in [0.15, 0.2) is 0 Å². The zero-order valence-corrected chi connectivity index (χ0v) is 13.0. The largest absolute Gasteiger partial charge is 0.396 e. The summed E-state index contributed by atoms with van der Waals surface area (Å²) in [5, 5.41) is 24.1. The number of fused-ring (bicyclic) bond motifs is 1. The molecule has 0 aromatic heterocycles. The molecule has 2 aromatic rings. The average Bonchev–Trinajstić information content (AvgIpc) is 2.45. The van der Waals surface area contributed by atoms with Gasteiger partial charge in [0, 0.05) is 6.61 Å². The van der Waals surface area contributed by atoms with Gasteiger partial charge in [-0.1, -0.05) is 42.5 Å². The van der Waals surface area contributed by atoms with E-state index in [9.17, 15) is 9.90 Å². The van der Waals surface area contributed by atoms with Crippen LogP contribution in [0.15, 0.2) is 42.5 Å². The molecular formula is C18H23NO3. The summed E-state index contributed by atoms with van der Waals surface area (Å²) in [7, 11) is 0. The van der Waals surface area contributed by atoms with Crippen molar-refractivity contribution in [1.82, 2.24) is 5.32 Å². The average molecular weight is 301 g/mol. The number of amides is 1. The predicted octanol–water partition coefficient (Wildman–Crippen LogP) is 2.54. The molecule has 0 aliphatic rings. The van der Waals surface area contributed by atoms with E-state index in [1.54, 1.807) is 6.92 Å². The van der Waals surface area contributed by atoms with Crippen LogP contribution in [-0.2, 0) is 4.79 Å². The van der Waals surface area contributed by atoms with Gasteiger partial charge in [-0.3, -0.25) is 4.79 Å². The fourth-order valence-electron chi connectivity index (χ4n) is 2.67. The van der Waals surface area contributed by atoms with Gasteiger partial charge in [-0.05, 0) is 36.6 Å². The van der Waals surface area contributed by atoms with Crippen LogP contribution in [0.1, 0.15) is 38.3 Å². The van der Waals surface area contributed by atoms with E-state index in [-0.39, 0.29) is 31.4 Å². The Morgan fingerprint density at radius 3 is 2.64 bits per heavy atom. The molecule has 0 bridgehead atoms. The second-order valence-corrected chi connectivity index (χ2v) is 6.00. The zero-order chi connectivity index (χ0) is 16.2. The van der Waals surface area contributed by atoms with Gasteiger partial charge in [0.25, 0.3) is 0 Å². The van der Waals surface area contributed by atoms with Crippen molar-refractivity contribution in [3.05, 3.63) is 48.0 Å². The molecule has 4 nitrogen and oxygen atoms in total. The summed E-state index contributed by atoms with van der Waals surface area (Å²) in [6.45, 7) is 3.35. The van der Waals surface area contributed by atoms with E-state index in [0.29, 0.717) is 0 Å². The minimum Gasteiger partial charge on any atom is -0.396 e. The maximum absolute atomic E-state index is 12.1. The molecule has 118 valence electrons. The van der Waals surface area contributed by atoms with Crippen molar-refractivity contribution in [3.8, 4) is 0 Å². The van der Waals surface area contributed by atoms with Crippen molar-refractivity contribution < 1.29 is 15.0 Å². The Morgan fingerprint density at radius 2 is 1.91 bits per heavy atom. The second-order valence-electron chi connectivity index (χ2n) is 6.00. The first-order valence-corrected chi connectivity index (χ1v) is 7.53. The lowest BCUT2D eigenvalue weighted by Gasteiger charge is -2.23. The van der Waals surface area contributed by atoms with Gasteiger partial charge < -0.3 is 15.5 Å². The molecule has 2 rings (SSSR count). The SMILES string of the molecule is CC(NC(=O)CC(C)(O)CCO)c1cccc2ccccc12. The number of carbonyl (C=O) groups excluding carboxylic acids is 1. The van der Waals surface area contributed by atoms with Gasteiger partial charge >= 0.3 is 0 Å². The minimum atomic E-state index is -1.18. The van der Waals surface area contributed by atoms with Crippen LogP contribution in [0.3, 0.4) is 0 Å². The molecule has 4 heteroatoms. The first kappa shape index (κ1) is 16.5. The minimum absolute atomic E-state index is 0.0251. The Balaban J connectivity index is 2.11. The van der Waals surface area contributed by atoms with Gasteiger partial charge in [0.2, 0.25) is 5.91 Å². The lowest BCUT2D eigenvalue weighted by Crippen LogP contribution is -2.36. The molecule has 0 radical (unpaired) electrons. The monoisotopic (exact) mass is 301 g/mol. The highest BCUT2D eigenvalue weighted by atomic mass is 16.3. The Bertz CT molecular complexity index is 646. The Hall–Kier alpha value is -1.91. The van der Waals surface area contributed by atoms with Gasteiger partial charge in [0.1, 0.15) is 0 Å². The number of aliphatic hydroxyl groups excluding tert-OH is 1. The molecule has 1 amide bonds. The van der Waals surface area contributed by atoms with Crippen LogP contribution in [0.25, 0.3) is 10.8 Å². The molecule has 0 heterocycles. The molecule has 22 heavy (non-hydrogen) atoms. The lowest BCUT2D eigenvalue weighted by molar-refractivity contribution is -0.126. The highest BCUT2D eigenvalue weighted by Crippen LogP contribution is 2.24. The van der Waals surface area contributed by atoms with Gasteiger partial charge in [0.05, 0.1) is 18.1 Å². The quantitative estimate of drug-likeness (QED) is 0.768. The standard InChI is InChI=1S/C18H23NO3/c1-13(19-17(21)12-18(2,22)10-11-20)15-9-5-7-14-6-3-4-8-16(14)15/h3-9,13,20,22H,10-12H2,1-2H3,(H,19,21). The van der Waals surface area contributed by atoms with E-state index in [2.05, 4.69) is 5.32 Å². The zero-order valence-electron chi connectivity index (χ0n) is 13.0. The molecule has 3 N–H and O–H groups in total. The molecule has 2 atom stereocenters. The summed E-state index contributed by atoms with van der Waals surface area (Å²) >= 11 is 0. The highest BCUT2D eigenvalue weighted by Gasteiger charge is 2.24. The van der Waals surface area contributed by atoms with Crippen molar-refractivity contribution in [2.75, 3.05) is 6.61 Å². The Morgan fingerprint density at radius 1 is 1.23 bits per heavy atom. The fourth-order valence-corrected chi connectivity index (χ4v) is 2.67. The van der Waals surface area contributed by atoms with Crippen LogP contribution < -0.4 is 5.32 Å². The van der Waals surface area contributed by atoms with Crippen molar-refractivity contribution in [2.45, 2.75) is 38.3 Å². The lowest BCUT2D eigenvalue weighted by atomic mass is 9.96. The third-order valence-corrected chi connectivity index (χ3v) is 3.86. The summed E-state index contributed by atoms with van der Waals surface area (Å²) in [5.41, 5.74) is -0.134. The molecule has 0 aliphatic carbocycles. The second kappa shape index (κ2) is 6.90. The van der Waals surface area contributed by atoms with Crippen molar-refractivity contribution >= 4 is 16.7 Å². The Kier molecular flexibility index (Phi) is 5.16. The van der Waals surface area contributed by atoms with E-state index in [1.807, 2.05) is 49.4 Å².